The molecule has 0 aromatic carbocycles. The number of hydrogen-bond acceptors (Lipinski definition) is 3. The molecule has 0 amide bonds. The monoisotopic (exact) mass is 143 g/mol. The van der Waals surface area contributed by atoms with Crippen molar-refractivity contribution in [3.63, 3.8) is 0 Å². The summed E-state index contributed by atoms with van der Waals surface area (Å²) < 4.78 is 0. The Bertz CT molecular complexity index is 130. The van der Waals surface area contributed by atoms with Crippen molar-refractivity contribution in [2.45, 2.75) is 26.9 Å². The van der Waals surface area contributed by atoms with E-state index in [0.29, 0.717) is 0 Å². The Kier molecular flexibility index (Phi) is 2.87. The van der Waals surface area contributed by atoms with E-state index >= 15 is 0 Å². The van der Waals surface area contributed by atoms with E-state index in [-0.39, 0.29) is 5.41 Å². The first-order chi connectivity index (χ1) is 4.34. The van der Waals surface area contributed by atoms with E-state index < -0.39 is 6.17 Å². The van der Waals surface area contributed by atoms with Gasteiger partial charge in [0, 0.05) is 11.1 Å². The summed E-state index contributed by atoms with van der Waals surface area (Å²) in [6.45, 7) is 6.05. The summed E-state index contributed by atoms with van der Waals surface area (Å²) in [5.74, 6) is 0. The maximum atomic E-state index is 5.65. The van der Waals surface area contributed by atoms with Crippen LogP contribution in [0.25, 0.3) is 0 Å². The predicted molar refractivity (Wildman–Crippen MR) is 43.9 cm³/mol. The Morgan fingerprint density at radius 2 is 1.70 bits per heavy atom. The lowest BCUT2D eigenvalue weighted by Gasteiger charge is -2.19. The van der Waals surface area contributed by atoms with Gasteiger partial charge in [-0.25, -0.2) is 0 Å². The minimum atomic E-state index is -0.445. The molecule has 0 aliphatic rings. The number of nitrogens with two attached hydrogens (primary N) is 3. The molecule has 0 aliphatic heterocycles. The first-order valence-electron chi connectivity index (χ1n) is 3.33. The average Bonchev–Trinajstić information content (AvgIpc) is 1.60. The van der Waals surface area contributed by atoms with Gasteiger partial charge in [0.2, 0.25) is 0 Å². The fraction of sp³-hybridized carbons (Fsp3) is 0.714. The van der Waals surface area contributed by atoms with Gasteiger partial charge in [-0.2, -0.15) is 0 Å². The summed E-state index contributed by atoms with van der Waals surface area (Å²) in [6.07, 6.45) is 1.22. The zero-order valence-corrected chi connectivity index (χ0v) is 6.89. The third kappa shape index (κ3) is 3.48. The van der Waals surface area contributed by atoms with Crippen molar-refractivity contribution >= 4 is 0 Å². The molecule has 0 aromatic rings. The van der Waals surface area contributed by atoms with Gasteiger partial charge in [0.05, 0.1) is 6.17 Å². The first kappa shape index (κ1) is 9.46. The van der Waals surface area contributed by atoms with Gasteiger partial charge in [-0.3, -0.25) is 0 Å². The van der Waals surface area contributed by atoms with Gasteiger partial charge in [-0.05, 0) is 6.08 Å². The maximum Gasteiger partial charge on any atom is 0.0733 e. The van der Waals surface area contributed by atoms with Crippen LogP contribution in [-0.2, 0) is 0 Å². The quantitative estimate of drug-likeness (QED) is 0.456. The average molecular weight is 143 g/mol. The molecule has 0 radical (unpaired) electrons. The molecule has 0 spiro atoms. The molecule has 0 atom stereocenters. The third-order valence-electron chi connectivity index (χ3n) is 1.24. The van der Waals surface area contributed by atoms with Crippen LogP contribution in [0.4, 0.5) is 0 Å². The molecule has 0 unspecified atom stereocenters. The molecule has 3 heteroatoms. The first-order valence-corrected chi connectivity index (χ1v) is 3.33. The summed E-state index contributed by atoms with van der Waals surface area (Å²) in [5, 5.41) is 0. The fourth-order valence-corrected chi connectivity index (χ4v) is 0.457. The molecule has 0 saturated carbocycles. The van der Waals surface area contributed by atoms with E-state index in [2.05, 4.69) is 0 Å². The second-order valence-electron chi connectivity index (χ2n) is 3.45. The number of hydrogen-bond donors (Lipinski definition) is 3. The van der Waals surface area contributed by atoms with Crippen molar-refractivity contribution in [3.05, 3.63) is 11.8 Å². The molecule has 6 N–H and O–H groups in total. The lowest BCUT2D eigenvalue weighted by atomic mass is 9.92. The minimum Gasteiger partial charge on any atom is -0.402 e. The smallest absolute Gasteiger partial charge is 0.0733 e. The molecular weight excluding hydrogens is 126 g/mol. The van der Waals surface area contributed by atoms with Gasteiger partial charge in [0.15, 0.2) is 0 Å². The third-order valence-corrected chi connectivity index (χ3v) is 1.24. The highest BCUT2D eigenvalue weighted by molar-refractivity contribution is 5.08. The van der Waals surface area contributed by atoms with Crippen molar-refractivity contribution in [2.24, 2.45) is 22.6 Å². The minimum absolute atomic E-state index is 0.0308. The Hall–Kier alpha value is -0.540. The standard InChI is InChI=1S/C7H17N3/c1-7(2,3)5(8)4-6(9)10/h4,6H,8-10H2,1-3H3/b5-4-. The van der Waals surface area contributed by atoms with Crippen molar-refractivity contribution < 1.29 is 0 Å². The lowest BCUT2D eigenvalue weighted by molar-refractivity contribution is 0.493. The highest BCUT2D eigenvalue weighted by Crippen LogP contribution is 2.19. The molecule has 3 nitrogen and oxygen atoms in total. The van der Waals surface area contributed by atoms with Crippen LogP contribution in [0.2, 0.25) is 0 Å². The normalized spacial score (nSPS) is 14.4. The van der Waals surface area contributed by atoms with Crippen molar-refractivity contribution in [3.8, 4) is 0 Å². The largest absolute Gasteiger partial charge is 0.402 e. The molecule has 0 fully saturated rings. The second kappa shape index (κ2) is 3.03. The fourth-order valence-electron chi connectivity index (χ4n) is 0.457. The molecule has 0 heterocycles. The highest BCUT2D eigenvalue weighted by atomic mass is 14.8. The molecule has 60 valence electrons. The molecule has 0 bridgehead atoms. The Labute approximate surface area is 62.3 Å². The van der Waals surface area contributed by atoms with Gasteiger partial charge in [0.25, 0.3) is 0 Å². The van der Waals surface area contributed by atoms with Gasteiger partial charge < -0.3 is 17.2 Å². The maximum absolute atomic E-state index is 5.65. The summed E-state index contributed by atoms with van der Waals surface area (Å²) in [6, 6.07) is 0. The summed E-state index contributed by atoms with van der Waals surface area (Å²) >= 11 is 0. The molecule has 0 aliphatic carbocycles. The van der Waals surface area contributed by atoms with Gasteiger partial charge in [0.1, 0.15) is 0 Å². The molecule has 0 rings (SSSR count). The van der Waals surface area contributed by atoms with Crippen LogP contribution in [0.3, 0.4) is 0 Å². The lowest BCUT2D eigenvalue weighted by Crippen LogP contribution is -2.31. The summed E-state index contributed by atoms with van der Waals surface area (Å²) in [7, 11) is 0. The van der Waals surface area contributed by atoms with Gasteiger partial charge >= 0.3 is 0 Å². The van der Waals surface area contributed by atoms with E-state index in [1.165, 1.54) is 0 Å². The van der Waals surface area contributed by atoms with Crippen LogP contribution in [0.5, 0.6) is 0 Å². The highest BCUT2D eigenvalue weighted by Gasteiger charge is 2.13. The van der Waals surface area contributed by atoms with E-state index in [0.717, 1.165) is 5.70 Å². The Balaban J connectivity index is 4.20. The van der Waals surface area contributed by atoms with Crippen LogP contribution >= 0.6 is 0 Å². The number of allylic oxidation sites excluding steroid dienone is 1. The van der Waals surface area contributed by atoms with Crippen LogP contribution in [-0.4, -0.2) is 6.17 Å². The SMILES string of the molecule is CC(C)(C)/C(N)=C/C(N)N. The summed E-state index contributed by atoms with van der Waals surface area (Å²) in [5.41, 5.74) is 17.0. The van der Waals surface area contributed by atoms with E-state index in [1.807, 2.05) is 20.8 Å². The Morgan fingerprint density at radius 3 is 1.80 bits per heavy atom. The molecule has 0 saturated heterocycles. The molecule has 10 heavy (non-hydrogen) atoms. The zero-order chi connectivity index (χ0) is 8.36. The Morgan fingerprint density at radius 1 is 1.30 bits per heavy atom. The molecule has 0 aromatic heterocycles. The van der Waals surface area contributed by atoms with Gasteiger partial charge in [-0.15, -0.1) is 0 Å². The van der Waals surface area contributed by atoms with E-state index in [9.17, 15) is 0 Å². The topological polar surface area (TPSA) is 78.1 Å². The molecular formula is C7H17N3. The summed E-state index contributed by atoms with van der Waals surface area (Å²) in [4.78, 5) is 0. The van der Waals surface area contributed by atoms with Crippen molar-refractivity contribution in [1.29, 1.82) is 0 Å². The van der Waals surface area contributed by atoms with Gasteiger partial charge in [-0.1, -0.05) is 20.8 Å². The van der Waals surface area contributed by atoms with Crippen LogP contribution in [0.15, 0.2) is 11.8 Å². The van der Waals surface area contributed by atoms with Crippen LogP contribution in [0, 0.1) is 5.41 Å². The number of rotatable bonds is 1. The van der Waals surface area contributed by atoms with E-state index in [4.69, 9.17) is 17.2 Å². The van der Waals surface area contributed by atoms with Crippen molar-refractivity contribution in [2.75, 3.05) is 0 Å². The predicted octanol–water partition coefficient (Wildman–Crippen LogP) is 0.119. The second-order valence-corrected chi connectivity index (χ2v) is 3.45. The van der Waals surface area contributed by atoms with Crippen LogP contribution in [0.1, 0.15) is 20.8 Å². The van der Waals surface area contributed by atoms with Crippen molar-refractivity contribution in [1.82, 2.24) is 0 Å². The van der Waals surface area contributed by atoms with E-state index in [1.54, 1.807) is 6.08 Å². The zero-order valence-electron chi connectivity index (χ0n) is 6.89. The van der Waals surface area contributed by atoms with Crippen LogP contribution < -0.4 is 17.2 Å².